The highest BCUT2D eigenvalue weighted by Gasteiger charge is 2.38. The van der Waals surface area contributed by atoms with Crippen LogP contribution in [0.15, 0.2) is 18.2 Å². The Morgan fingerprint density at radius 1 is 1.33 bits per heavy atom. The number of hydrogen-bond donors (Lipinski definition) is 2. The van der Waals surface area contributed by atoms with E-state index >= 15 is 0 Å². The number of rotatable bonds is 6. The molecule has 1 heterocycles. The van der Waals surface area contributed by atoms with Gasteiger partial charge in [-0.25, -0.2) is 8.78 Å². The topological polar surface area (TPSA) is 69.6 Å². The van der Waals surface area contributed by atoms with E-state index in [2.05, 4.69) is 5.32 Å². The zero-order valence-corrected chi connectivity index (χ0v) is 13.8. The van der Waals surface area contributed by atoms with E-state index in [9.17, 15) is 18.4 Å². The van der Waals surface area contributed by atoms with E-state index in [4.69, 9.17) is 5.11 Å². The van der Waals surface area contributed by atoms with Crippen molar-refractivity contribution >= 4 is 17.5 Å². The Hall–Kier alpha value is -2.02. The average Bonchev–Trinajstić information content (AvgIpc) is 2.87. The molecule has 7 heteroatoms. The summed E-state index contributed by atoms with van der Waals surface area (Å²) in [6.45, 7) is 4.00. The molecule has 0 saturated carbocycles. The molecule has 24 heavy (non-hydrogen) atoms. The summed E-state index contributed by atoms with van der Waals surface area (Å²) in [5, 5.41) is 11.9. The van der Waals surface area contributed by atoms with Crippen molar-refractivity contribution in [1.29, 1.82) is 0 Å². The van der Waals surface area contributed by atoms with E-state index in [1.165, 1.54) is 4.90 Å². The van der Waals surface area contributed by atoms with Crippen LogP contribution in [0.1, 0.15) is 26.7 Å². The molecule has 2 N–H and O–H groups in total. The Balaban J connectivity index is 2.09. The van der Waals surface area contributed by atoms with E-state index in [0.29, 0.717) is 6.42 Å². The van der Waals surface area contributed by atoms with Gasteiger partial charge in [0.05, 0.1) is 0 Å². The Kier molecular flexibility index (Phi) is 5.88. The second-order valence-corrected chi connectivity index (χ2v) is 6.33. The van der Waals surface area contributed by atoms with Crippen LogP contribution in [0.25, 0.3) is 0 Å². The SMILES string of the molecule is CC(C)C(CCO)NC(=O)C1CCN(c2cc(F)cc(F)c2)C1=O. The van der Waals surface area contributed by atoms with Crippen LogP contribution in [0.3, 0.4) is 0 Å². The van der Waals surface area contributed by atoms with Crippen molar-refractivity contribution in [2.75, 3.05) is 18.1 Å². The second-order valence-electron chi connectivity index (χ2n) is 6.33. The van der Waals surface area contributed by atoms with Gasteiger partial charge >= 0.3 is 0 Å². The van der Waals surface area contributed by atoms with E-state index in [-0.39, 0.29) is 37.2 Å². The summed E-state index contributed by atoms with van der Waals surface area (Å²) in [7, 11) is 0. The highest BCUT2D eigenvalue weighted by Crippen LogP contribution is 2.27. The zero-order valence-electron chi connectivity index (χ0n) is 13.8. The van der Waals surface area contributed by atoms with Crippen LogP contribution >= 0.6 is 0 Å². The fourth-order valence-electron chi connectivity index (χ4n) is 2.87. The molecule has 1 aliphatic heterocycles. The molecular formula is C17H22F2N2O3. The normalized spacial score (nSPS) is 19.0. The Morgan fingerprint density at radius 2 is 1.96 bits per heavy atom. The summed E-state index contributed by atoms with van der Waals surface area (Å²) in [6.07, 6.45) is 0.690. The summed E-state index contributed by atoms with van der Waals surface area (Å²) < 4.78 is 26.7. The number of benzene rings is 1. The summed E-state index contributed by atoms with van der Waals surface area (Å²) in [4.78, 5) is 26.0. The molecule has 2 rings (SSSR count). The number of nitrogens with zero attached hydrogens (tertiary/aromatic N) is 1. The van der Waals surface area contributed by atoms with Gasteiger partial charge in [-0.15, -0.1) is 0 Å². The molecular weight excluding hydrogens is 318 g/mol. The zero-order chi connectivity index (χ0) is 17.9. The largest absolute Gasteiger partial charge is 0.396 e. The third kappa shape index (κ3) is 4.08. The van der Waals surface area contributed by atoms with Crippen LogP contribution in [0, 0.1) is 23.5 Å². The molecule has 5 nitrogen and oxygen atoms in total. The molecule has 1 saturated heterocycles. The standard InChI is InChI=1S/C17H22F2N2O3/c1-10(2)15(4-6-22)20-16(23)14-3-5-21(17(14)24)13-8-11(18)7-12(19)9-13/h7-10,14-15,22H,3-6H2,1-2H3,(H,20,23). The quantitative estimate of drug-likeness (QED) is 0.777. The highest BCUT2D eigenvalue weighted by atomic mass is 19.1. The van der Waals surface area contributed by atoms with Crippen molar-refractivity contribution < 1.29 is 23.5 Å². The predicted molar refractivity (Wildman–Crippen MR) is 85.3 cm³/mol. The van der Waals surface area contributed by atoms with Crippen molar-refractivity contribution in [3.63, 3.8) is 0 Å². The molecule has 0 aromatic heterocycles. The monoisotopic (exact) mass is 340 g/mol. The number of halogens is 2. The van der Waals surface area contributed by atoms with Gasteiger partial charge in [-0.2, -0.15) is 0 Å². The van der Waals surface area contributed by atoms with E-state index in [0.717, 1.165) is 18.2 Å². The van der Waals surface area contributed by atoms with Crippen LogP contribution in [0.5, 0.6) is 0 Å². The maximum Gasteiger partial charge on any atom is 0.239 e. The fourth-order valence-corrected chi connectivity index (χ4v) is 2.87. The first-order valence-corrected chi connectivity index (χ1v) is 8.02. The van der Waals surface area contributed by atoms with Crippen molar-refractivity contribution in [3.05, 3.63) is 29.8 Å². The number of aliphatic hydroxyl groups excluding tert-OH is 1. The molecule has 1 fully saturated rings. The summed E-state index contributed by atoms with van der Waals surface area (Å²) in [6, 6.07) is 2.65. The molecule has 2 amide bonds. The first-order valence-electron chi connectivity index (χ1n) is 8.02. The van der Waals surface area contributed by atoms with Crippen LogP contribution in [0.2, 0.25) is 0 Å². The van der Waals surface area contributed by atoms with Gasteiger partial charge < -0.3 is 15.3 Å². The lowest BCUT2D eigenvalue weighted by Crippen LogP contribution is -2.44. The maximum atomic E-state index is 13.3. The first kappa shape index (κ1) is 18.3. The molecule has 0 spiro atoms. The average molecular weight is 340 g/mol. The molecule has 1 aromatic carbocycles. The van der Waals surface area contributed by atoms with E-state index < -0.39 is 29.4 Å². The summed E-state index contributed by atoms with van der Waals surface area (Å²) in [5.74, 6) is -3.18. The molecule has 2 unspecified atom stereocenters. The van der Waals surface area contributed by atoms with Gasteiger partial charge in [0.25, 0.3) is 0 Å². The number of anilines is 1. The minimum atomic E-state index is -0.878. The predicted octanol–water partition coefficient (Wildman–Crippen LogP) is 1.84. The van der Waals surface area contributed by atoms with Crippen LogP contribution < -0.4 is 10.2 Å². The van der Waals surface area contributed by atoms with Crippen molar-refractivity contribution in [1.82, 2.24) is 5.32 Å². The van der Waals surface area contributed by atoms with Gasteiger partial charge in [0.15, 0.2) is 0 Å². The van der Waals surface area contributed by atoms with Gasteiger partial charge in [0.1, 0.15) is 17.6 Å². The molecule has 1 aromatic rings. The van der Waals surface area contributed by atoms with Crippen molar-refractivity contribution in [3.8, 4) is 0 Å². The number of amides is 2. The van der Waals surface area contributed by atoms with Gasteiger partial charge in [-0.05, 0) is 30.9 Å². The van der Waals surface area contributed by atoms with Gasteiger partial charge in [0, 0.05) is 30.9 Å². The van der Waals surface area contributed by atoms with Gasteiger partial charge in [-0.3, -0.25) is 9.59 Å². The minimum Gasteiger partial charge on any atom is -0.396 e. The van der Waals surface area contributed by atoms with Crippen LogP contribution in [0.4, 0.5) is 14.5 Å². The molecule has 0 aliphatic carbocycles. The second kappa shape index (κ2) is 7.70. The highest BCUT2D eigenvalue weighted by molar-refractivity contribution is 6.09. The summed E-state index contributed by atoms with van der Waals surface area (Å²) in [5.41, 5.74) is 0.114. The third-order valence-corrected chi connectivity index (χ3v) is 4.25. The lowest BCUT2D eigenvalue weighted by atomic mass is 9.99. The Morgan fingerprint density at radius 3 is 2.50 bits per heavy atom. The lowest BCUT2D eigenvalue weighted by molar-refractivity contribution is -0.132. The Labute approximate surface area is 139 Å². The van der Waals surface area contributed by atoms with Crippen LogP contribution in [-0.4, -0.2) is 36.1 Å². The molecule has 2 atom stereocenters. The molecule has 132 valence electrons. The Bertz CT molecular complexity index is 602. The van der Waals surface area contributed by atoms with Crippen molar-refractivity contribution in [2.24, 2.45) is 11.8 Å². The lowest BCUT2D eigenvalue weighted by Gasteiger charge is -2.23. The smallest absolute Gasteiger partial charge is 0.239 e. The molecule has 0 bridgehead atoms. The van der Waals surface area contributed by atoms with E-state index in [1.807, 2.05) is 13.8 Å². The maximum absolute atomic E-state index is 13.3. The van der Waals surface area contributed by atoms with Crippen molar-refractivity contribution in [2.45, 2.75) is 32.7 Å². The minimum absolute atomic E-state index is 0.0591. The third-order valence-electron chi connectivity index (χ3n) is 4.25. The fraction of sp³-hybridized carbons (Fsp3) is 0.529. The number of aliphatic hydroxyl groups is 1. The number of carbonyl (C=O) groups is 2. The summed E-state index contributed by atoms with van der Waals surface area (Å²) >= 11 is 0. The van der Waals surface area contributed by atoms with Gasteiger partial charge in [-0.1, -0.05) is 13.8 Å². The number of hydrogen-bond acceptors (Lipinski definition) is 3. The van der Waals surface area contributed by atoms with Crippen LogP contribution in [-0.2, 0) is 9.59 Å². The first-order chi connectivity index (χ1) is 11.3. The van der Waals surface area contributed by atoms with E-state index in [1.54, 1.807) is 0 Å². The molecule has 1 aliphatic rings. The number of carbonyl (C=O) groups excluding carboxylic acids is 2. The molecule has 0 radical (unpaired) electrons. The van der Waals surface area contributed by atoms with Gasteiger partial charge in [0.2, 0.25) is 11.8 Å². The number of nitrogens with one attached hydrogen (secondary N) is 1.